The Labute approximate surface area is 205 Å². The topological polar surface area (TPSA) is 101 Å². The largest absolute Gasteiger partial charge is 0.496 e. The van der Waals surface area contributed by atoms with Gasteiger partial charge < -0.3 is 26.0 Å². The Hall–Kier alpha value is -2.13. The first-order valence-corrected chi connectivity index (χ1v) is 13.0. The Balaban J connectivity index is 1.62. The third kappa shape index (κ3) is 6.06. The average molecular weight is 519 g/mol. The summed E-state index contributed by atoms with van der Waals surface area (Å²) in [6.45, 7) is 4.31. The number of nitrogens with two attached hydrogens (primary N) is 1. The molecule has 1 saturated carbocycles. The van der Waals surface area contributed by atoms with Crippen LogP contribution in [0.4, 0.5) is 23.5 Å². The van der Waals surface area contributed by atoms with Gasteiger partial charge in [-0.2, -0.15) is 15.0 Å². The summed E-state index contributed by atoms with van der Waals surface area (Å²) in [5.41, 5.74) is 7.03. The number of anilines is 4. The summed E-state index contributed by atoms with van der Waals surface area (Å²) in [5, 5.41) is 7.00. The summed E-state index contributed by atoms with van der Waals surface area (Å²) in [4.78, 5) is 16.2. The first-order valence-electron chi connectivity index (χ1n) is 12.2. The molecule has 4 rings (SSSR count). The van der Waals surface area contributed by atoms with Gasteiger partial charge in [0, 0.05) is 24.3 Å². The number of halogens is 1. The van der Waals surface area contributed by atoms with Crippen molar-refractivity contribution in [1.82, 2.24) is 20.3 Å². The molecule has 1 saturated heterocycles. The summed E-state index contributed by atoms with van der Waals surface area (Å²) >= 11 is 3.54. The van der Waals surface area contributed by atoms with Crippen LogP contribution in [0.2, 0.25) is 0 Å². The zero-order valence-electron chi connectivity index (χ0n) is 19.7. The van der Waals surface area contributed by atoms with E-state index in [9.17, 15) is 0 Å². The van der Waals surface area contributed by atoms with Crippen LogP contribution in [0.3, 0.4) is 0 Å². The van der Waals surface area contributed by atoms with E-state index >= 15 is 0 Å². The number of benzene rings is 1. The molecule has 0 spiro atoms. The molecule has 33 heavy (non-hydrogen) atoms. The molecule has 8 nitrogen and oxygen atoms in total. The van der Waals surface area contributed by atoms with Gasteiger partial charge in [-0.3, -0.25) is 0 Å². The fraction of sp³-hybridized carbons (Fsp3) is 0.625. The van der Waals surface area contributed by atoms with Gasteiger partial charge in [0.05, 0.1) is 11.6 Å². The van der Waals surface area contributed by atoms with Gasteiger partial charge in [-0.25, -0.2) is 0 Å². The highest BCUT2D eigenvalue weighted by Crippen LogP contribution is 2.31. The number of nitrogens with one attached hydrogen (secondary N) is 2. The maximum Gasteiger partial charge on any atom is 0.233 e. The molecule has 0 amide bonds. The number of methoxy groups -OCH3 is 1. The van der Waals surface area contributed by atoms with Crippen molar-refractivity contribution in [2.45, 2.75) is 70.4 Å². The molecule has 4 N–H and O–H groups in total. The maximum atomic E-state index is 6.18. The smallest absolute Gasteiger partial charge is 0.233 e. The highest BCUT2D eigenvalue weighted by atomic mass is 79.9. The summed E-state index contributed by atoms with van der Waals surface area (Å²) < 4.78 is 6.19. The van der Waals surface area contributed by atoms with Crippen molar-refractivity contribution in [3.63, 3.8) is 0 Å². The highest BCUT2D eigenvalue weighted by Gasteiger charge is 2.32. The normalized spacial score (nSPS) is 19.9. The van der Waals surface area contributed by atoms with Gasteiger partial charge in [-0.15, -0.1) is 0 Å². The van der Waals surface area contributed by atoms with Crippen LogP contribution < -0.4 is 26.0 Å². The van der Waals surface area contributed by atoms with Crippen LogP contribution >= 0.6 is 15.9 Å². The van der Waals surface area contributed by atoms with Crippen molar-refractivity contribution in [1.29, 1.82) is 0 Å². The Morgan fingerprint density at radius 2 is 2.00 bits per heavy atom. The highest BCUT2D eigenvalue weighted by molar-refractivity contribution is 9.10. The van der Waals surface area contributed by atoms with Gasteiger partial charge >= 0.3 is 0 Å². The number of aromatic nitrogens is 3. The predicted octanol–water partition coefficient (Wildman–Crippen LogP) is 4.89. The summed E-state index contributed by atoms with van der Waals surface area (Å²) in [7, 11) is 1.65. The zero-order valence-corrected chi connectivity index (χ0v) is 21.3. The first kappa shape index (κ1) is 24.0. The lowest BCUT2D eigenvalue weighted by Gasteiger charge is -2.38. The summed E-state index contributed by atoms with van der Waals surface area (Å²) in [6, 6.07) is 6.55. The van der Waals surface area contributed by atoms with Crippen molar-refractivity contribution in [2.75, 3.05) is 36.1 Å². The minimum atomic E-state index is 0.234. The van der Waals surface area contributed by atoms with Crippen molar-refractivity contribution >= 4 is 39.5 Å². The lowest BCUT2D eigenvalue weighted by atomic mass is 9.88. The number of hydrogen-bond donors (Lipinski definition) is 3. The summed E-state index contributed by atoms with van der Waals surface area (Å²) in [5.74, 6) is 2.80. The van der Waals surface area contributed by atoms with E-state index in [1.165, 1.54) is 44.9 Å². The van der Waals surface area contributed by atoms with E-state index in [0.717, 1.165) is 35.4 Å². The molecule has 180 valence electrons. The van der Waals surface area contributed by atoms with Crippen LogP contribution in [-0.4, -0.2) is 47.2 Å². The Morgan fingerprint density at radius 1 is 1.18 bits per heavy atom. The molecule has 2 fully saturated rings. The van der Waals surface area contributed by atoms with Gasteiger partial charge in [0.1, 0.15) is 5.75 Å². The Kier molecular flexibility index (Phi) is 8.25. The van der Waals surface area contributed by atoms with Crippen LogP contribution in [0.5, 0.6) is 5.75 Å². The molecular formula is C24H36BrN7O. The van der Waals surface area contributed by atoms with E-state index in [4.69, 9.17) is 15.5 Å². The molecule has 1 aliphatic carbocycles. The molecule has 2 atom stereocenters. The molecule has 1 aliphatic heterocycles. The molecular weight excluding hydrogens is 482 g/mol. The van der Waals surface area contributed by atoms with Gasteiger partial charge in [0.25, 0.3) is 0 Å². The van der Waals surface area contributed by atoms with Gasteiger partial charge in [0.15, 0.2) is 0 Å². The first-order chi connectivity index (χ1) is 16.1. The molecule has 0 bridgehead atoms. The second kappa shape index (κ2) is 11.3. The molecule has 1 aromatic heterocycles. The van der Waals surface area contributed by atoms with Crippen molar-refractivity contribution in [3.05, 3.63) is 22.7 Å². The molecule has 2 aromatic rings. The van der Waals surface area contributed by atoms with Crippen LogP contribution in [0.25, 0.3) is 0 Å². The average Bonchev–Trinajstić information content (AvgIpc) is 3.34. The SMILES string of the molecule is CCC(C1CCCN1)N(CC1CCCCC1)c1nc(N)nc(Nc2ccc(OC)c(Br)c2)n1. The second-order valence-corrected chi connectivity index (χ2v) is 9.98. The third-order valence-corrected chi connectivity index (χ3v) is 7.49. The van der Waals surface area contributed by atoms with Crippen molar-refractivity contribution < 1.29 is 4.74 Å². The van der Waals surface area contributed by atoms with Crippen molar-refractivity contribution in [3.8, 4) is 5.75 Å². The Morgan fingerprint density at radius 3 is 2.67 bits per heavy atom. The number of nitrogen functional groups attached to an aromatic ring is 1. The lowest BCUT2D eigenvalue weighted by Crippen LogP contribution is -2.50. The number of nitrogens with zero attached hydrogens (tertiary/aromatic N) is 4. The van der Waals surface area contributed by atoms with E-state index in [0.29, 0.717) is 29.9 Å². The predicted molar refractivity (Wildman–Crippen MR) is 137 cm³/mol. The fourth-order valence-corrected chi connectivity index (χ4v) is 5.75. The van der Waals surface area contributed by atoms with Gasteiger partial charge in [-0.05, 0) is 78.7 Å². The second-order valence-electron chi connectivity index (χ2n) is 9.13. The molecule has 9 heteroatoms. The molecule has 2 heterocycles. The maximum absolute atomic E-state index is 6.18. The van der Waals surface area contributed by atoms with Gasteiger partial charge in [-0.1, -0.05) is 26.2 Å². The van der Waals surface area contributed by atoms with Crippen LogP contribution in [0, 0.1) is 5.92 Å². The minimum Gasteiger partial charge on any atom is -0.496 e. The van der Waals surface area contributed by atoms with Crippen molar-refractivity contribution in [2.24, 2.45) is 5.92 Å². The molecule has 2 aliphatic rings. The van der Waals surface area contributed by atoms with E-state index < -0.39 is 0 Å². The minimum absolute atomic E-state index is 0.234. The zero-order chi connectivity index (χ0) is 23.2. The molecule has 0 radical (unpaired) electrons. The van der Waals surface area contributed by atoms with E-state index in [2.05, 4.69) is 48.4 Å². The van der Waals surface area contributed by atoms with Crippen LogP contribution in [0.1, 0.15) is 58.3 Å². The number of hydrogen-bond acceptors (Lipinski definition) is 8. The quantitative estimate of drug-likeness (QED) is 0.432. The number of rotatable bonds is 9. The van der Waals surface area contributed by atoms with E-state index in [1.807, 2.05) is 18.2 Å². The fourth-order valence-electron chi connectivity index (χ4n) is 5.21. The lowest BCUT2D eigenvalue weighted by molar-refractivity contribution is 0.332. The molecule has 1 aromatic carbocycles. The van der Waals surface area contributed by atoms with Gasteiger partial charge in [0.2, 0.25) is 17.8 Å². The Bertz CT molecular complexity index is 916. The van der Waals surface area contributed by atoms with E-state index in [-0.39, 0.29) is 5.95 Å². The monoisotopic (exact) mass is 517 g/mol. The number of ether oxygens (including phenoxy) is 1. The van der Waals surface area contributed by atoms with E-state index in [1.54, 1.807) is 7.11 Å². The standard InChI is InChI=1S/C24H36BrN7O/c1-3-20(19-10-7-13-27-19)32(15-16-8-5-4-6-9-16)24-30-22(26)29-23(31-24)28-17-11-12-21(33-2)18(25)14-17/h11-12,14,16,19-20,27H,3-10,13,15H2,1-2H3,(H3,26,28,29,30,31). The molecule has 2 unspecified atom stereocenters. The van der Waals surface area contributed by atoms with Crippen LogP contribution in [-0.2, 0) is 0 Å². The van der Waals surface area contributed by atoms with Crippen LogP contribution in [0.15, 0.2) is 22.7 Å². The third-order valence-electron chi connectivity index (χ3n) is 6.87. The summed E-state index contributed by atoms with van der Waals surface area (Å²) in [6.07, 6.45) is 9.96.